The molecule has 0 bridgehead atoms. The van der Waals surface area contributed by atoms with Gasteiger partial charge in [0.25, 0.3) is 5.56 Å². The maximum Gasteiger partial charge on any atom is 0.418 e. The summed E-state index contributed by atoms with van der Waals surface area (Å²) in [4.78, 5) is 50.7. The SMILES string of the molecule is O=C(NP1Oc2ccccc2O1)n1cc(Br)c(=O)n(C(=O)NP2Oc3ccccc3O2)c1=O. The molecule has 1 aromatic heterocycles. The van der Waals surface area contributed by atoms with E-state index in [1.807, 2.05) is 0 Å². The summed E-state index contributed by atoms with van der Waals surface area (Å²) in [6, 6.07) is 11.4. The van der Waals surface area contributed by atoms with Crippen molar-refractivity contribution in [3.05, 3.63) is 80.0 Å². The Labute approximate surface area is 195 Å². The van der Waals surface area contributed by atoms with E-state index in [-0.39, 0.29) is 9.04 Å². The van der Waals surface area contributed by atoms with E-state index in [9.17, 15) is 19.2 Å². The third kappa shape index (κ3) is 4.06. The highest BCUT2D eigenvalue weighted by molar-refractivity contribution is 9.10. The molecule has 2 aliphatic heterocycles. The van der Waals surface area contributed by atoms with Crippen LogP contribution < -0.4 is 39.5 Å². The van der Waals surface area contributed by atoms with Gasteiger partial charge in [-0.05, 0) is 40.2 Å². The van der Waals surface area contributed by atoms with Gasteiger partial charge in [-0.2, -0.15) is 4.57 Å². The highest BCUT2D eigenvalue weighted by Crippen LogP contribution is 2.50. The number of carbonyl (C=O) groups is 2. The minimum atomic E-state index is -1.99. The molecule has 0 spiro atoms. The van der Waals surface area contributed by atoms with Crippen LogP contribution in [-0.4, -0.2) is 21.2 Å². The molecule has 0 aliphatic carbocycles. The second-order valence-electron chi connectivity index (χ2n) is 6.38. The van der Waals surface area contributed by atoms with Gasteiger partial charge in [-0.1, -0.05) is 24.3 Å². The third-order valence-corrected chi connectivity index (χ3v) is 7.01. The number of nitrogens with zero attached hydrogens (tertiary/aromatic N) is 2. The molecule has 0 fully saturated rings. The number of halogens is 1. The van der Waals surface area contributed by atoms with Crippen molar-refractivity contribution in [2.24, 2.45) is 0 Å². The molecule has 0 atom stereocenters. The molecule has 15 heteroatoms. The summed E-state index contributed by atoms with van der Waals surface area (Å²) < 4.78 is 22.5. The van der Waals surface area contributed by atoms with Crippen molar-refractivity contribution in [2.75, 3.05) is 0 Å². The predicted molar refractivity (Wildman–Crippen MR) is 120 cm³/mol. The molecule has 168 valence electrons. The molecule has 2 aromatic carbocycles. The Morgan fingerprint density at radius 1 is 0.758 bits per heavy atom. The number of benzene rings is 2. The minimum absolute atomic E-state index is 0.207. The molecule has 3 heterocycles. The van der Waals surface area contributed by atoms with E-state index in [0.717, 1.165) is 6.20 Å². The van der Waals surface area contributed by atoms with Gasteiger partial charge in [-0.25, -0.2) is 29.1 Å². The molecule has 3 aromatic rings. The Kier molecular flexibility index (Phi) is 5.53. The largest absolute Gasteiger partial charge is 0.419 e. The average Bonchev–Trinajstić information content (AvgIpc) is 3.38. The van der Waals surface area contributed by atoms with Crippen molar-refractivity contribution < 1.29 is 27.7 Å². The number of nitrogens with one attached hydrogen (secondary N) is 2. The van der Waals surface area contributed by atoms with Crippen molar-refractivity contribution in [3.63, 3.8) is 0 Å². The van der Waals surface area contributed by atoms with E-state index in [0.29, 0.717) is 27.6 Å². The summed E-state index contributed by atoms with van der Waals surface area (Å²) >= 11 is 2.97. The number of para-hydroxylation sites is 4. The maximum atomic E-state index is 12.8. The van der Waals surface area contributed by atoms with E-state index in [1.54, 1.807) is 48.5 Å². The second-order valence-corrected chi connectivity index (χ2v) is 9.44. The Hall–Kier alpha value is -3.40. The quantitative estimate of drug-likeness (QED) is 0.462. The number of aromatic nitrogens is 2. The number of hydrogen-bond acceptors (Lipinski definition) is 8. The van der Waals surface area contributed by atoms with Crippen molar-refractivity contribution in [3.8, 4) is 23.0 Å². The number of fused-ring (bicyclic) bond motifs is 2. The van der Waals surface area contributed by atoms with Gasteiger partial charge in [0.15, 0.2) is 23.0 Å². The zero-order chi connectivity index (χ0) is 23.1. The van der Waals surface area contributed by atoms with Gasteiger partial charge in [-0.15, -0.1) is 0 Å². The fourth-order valence-electron chi connectivity index (χ4n) is 2.80. The van der Waals surface area contributed by atoms with Crippen LogP contribution in [-0.2, 0) is 0 Å². The normalized spacial score (nSPS) is 14.2. The summed E-state index contributed by atoms with van der Waals surface area (Å²) in [6.07, 6.45) is 0.950. The highest BCUT2D eigenvalue weighted by Gasteiger charge is 2.32. The van der Waals surface area contributed by atoms with Gasteiger partial charge in [0.05, 0.1) is 0 Å². The molecule has 2 aliphatic rings. The van der Waals surface area contributed by atoms with E-state index in [2.05, 4.69) is 26.1 Å². The lowest BCUT2D eigenvalue weighted by molar-refractivity contribution is 0.241. The van der Waals surface area contributed by atoms with Crippen LogP contribution in [0.1, 0.15) is 0 Å². The summed E-state index contributed by atoms with van der Waals surface area (Å²) in [5.41, 5.74) is -2.18. The van der Waals surface area contributed by atoms with Gasteiger partial charge >= 0.3 is 34.8 Å². The van der Waals surface area contributed by atoms with Crippen LogP contribution in [0.25, 0.3) is 0 Å². The lowest BCUT2D eigenvalue weighted by Gasteiger charge is -2.13. The number of amides is 2. The second kappa shape index (κ2) is 8.51. The van der Waals surface area contributed by atoms with Gasteiger partial charge in [0.2, 0.25) is 0 Å². The number of hydrogen-bond donors (Lipinski definition) is 2. The topological polar surface area (TPSA) is 139 Å². The summed E-state index contributed by atoms with van der Waals surface area (Å²) in [5, 5.41) is 4.75. The van der Waals surface area contributed by atoms with Crippen LogP contribution in [0.3, 0.4) is 0 Å². The highest BCUT2D eigenvalue weighted by atomic mass is 79.9. The maximum absolute atomic E-state index is 12.8. The third-order valence-electron chi connectivity index (χ3n) is 4.27. The number of rotatable bonds is 2. The molecule has 2 amide bonds. The first-order chi connectivity index (χ1) is 15.9. The van der Waals surface area contributed by atoms with Gasteiger partial charge in [0, 0.05) is 6.20 Å². The molecular weight excluding hydrogens is 542 g/mol. The zero-order valence-electron chi connectivity index (χ0n) is 16.1. The monoisotopic (exact) mass is 552 g/mol. The first kappa shape index (κ1) is 21.4. The first-order valence-electron chi connectivity index (χ1n) is 9.07. The van der Waals surface area contributed by atoms with Crippen LogP contribution >= 0.6 is 33.0 Å². The van der Waals surface area contributed by atoms with Gasteiger partial charge < -0.3 is 18.1 Å². The molecule has 5 rings (SSSR count). The fraction of sp³-hybridized carbons (Fsp3) is 0. The first-order valence-corrected chi connectivity index (χ1v) is 12.2. The molecule has 33 heavy (non-hydrogen) atoms. The van der Waals surface area contributed by atoms with Crippen LogP contribution in [0, 0.1) is 0 Å². The van der Waals surface area contributed by atoms with Gasteiger partial charge in [-0.3, -0.25) is 4.79 Å². The Morgan fingerprint density at radius 2 is 1.18 bits per heavy atom. The van der Waals surface area contributed by atoms with E-state index >= 15 is 0 Å². The Bertz CT molecular complexity index is 1360. The van der Waals surface area contributed by atoms with Crippen molar-refractivity contribution in [2.45, 2.75) is 0 Å². The van der Waals surface area contributed by atoms with Crippen LogP contribution in [0.5, 0.6) is 23.0 Å². The smallest absolute Gasteiger partial charge is 0.418 e. The molecule has 0 radical (unpaired) electrons. The molecular formula is C18H11BrN4O8P2. The van der Waals surface area contributed by atoms with Crippen molar-refractivity contribution in [1.82, 2.24) is 19.3 Å². The summed E-state index contributed by atoms with van der Waals surface area (Å²) in [5.74, 6) is 1.67. The number of carbonyl (C=O) groups excluding carboxylic acids is 2. The molecule has 0 unspecified atom stereocenters. The lowest BCUT2D eigenvalue weighted by atomic mass is 10.3. The Morgan fingerprint density at radius 3 is 1.64 bits per heavy atom. The van der Waals surface area contributed by atoms with Gasteiger partial charge in [0.1, 0.15) is 4.47 Å². The molecule has 0 saturated heterocycles. The predicted octanol–water partition coefficient (Wildman–Crippen LogP) is 3.28. The standard InChI is InChI=1S/C18H11BrN4O8P2/c19-10-9-22(16(25)20-32-28-11-5-1-2-6-12(11)29-32)18(27)23(15(10)24)17(26)21-33-30-13-7-3-4-8-14(13)31-33/h1-9H,(H,20,25)(H,21,26). The van der Waals surface area contributed by atoms with Crippen molar-refractivity contribution in [1.29, 1.82) is 0 Å². The zero-order valence-corrected chi connectivity index (χ0v) is 19.5. The van der Waals surface area contributed by atoms with Crippen LogP contribution in [0.15, 0.2) is 68.8 Å². The van der Waals surface area contributed by atoms with Crippen molar-refractivity contribution >= 4 is 45.0 Å². The lowest BCUT2D eigenvalue weighted by Crippen LogP contribution is -2.49. The van der Waals surface area contributed by atoms with E-state index in [1.165, 1.54) is 0 Å². The van der Waals surface area contributed by atoms with Crippen LogP contribution in [0.4, 0.5) is 9.59 Å². The average molecular weight is 553 g/mol. The van der Waals surface area contributed by atoms with E-state index in [4.69, 9.17) is 18.1 Å². The fourth-order valence-corrected chi connectivity index (χ4v) is 5.27. The summed E-state index contributed by atoms with van der Waals surface area (Å²) in [6.45, 7) is 0. The van der Waals surface area contributed by atoms with E-state index < -0.39 is 40.4 Å². The van der Waals surface area contributed by atoms with Crippen LogP contribution in [0.2, 0.25) is 0 Å². The molecule has 0 saturated carbocycles. The molecule has 2 N–H and O–H groups in total. The summed E-state index contributed by atoms with van der Waals surface area (Å²) in [7, 11) is -3.92. The Balaban J connectivity index is 1.35. The molecule has 12 nitrogen and oxygen atoms in total. The minimum Gasteiger partial charge on any atom is -0.419 e.